The number of aryl methyl sites for hydroxylation is 1. The first kappa shape index (κ1) is 15.4. The smallest absolute Gasteiger partial charge is 0.359 e. The SMILES string of the molecule is CCOC(=O)c1nn(C(C)(C)C)c2c1ccc1cnc(C)nc12. The van der Waals surface area contributed by atoms with E-state index in [1.54, 1.807) is 13.1 Å². The van der Waals surface area contributed by atoms with Gasteiger partial charge < -0.3 is 4.74 Å². The van der Waals surface area contributed by atoms with E-state index in [1.165, 1.54) is 0 Å². The molecule has 0 atom stereocenters. The number of benzene rings is 1. The van der Waals surface area contributed by atoms with Crippen LogP contribution in [0.15, 0.2) is 18.3 Å². The summed E-state index contributed by atoms with van der Waals surface area (Å²) in [7, 11) is 0. The molecule has 3 rings (SSSR count). The Morgan fingerprint density at radius 1 is 1.30 bits per heavy atom. The molecule has 0 bridgehead atoms. The minimum atomic E-state index is -0.411. The molecule has 0 aliphatic carbocycles. The van der Waals surface area contributed by atoms with Crippen LogP contribution >= 0.6 is 0 Å². The van der Waals surface area contributed by atoms with Crippen molar-refractivity contribution < 1.29 is 9.53 Å². The van der Waals surface area contributed by atoms with Gasteiger partial charge in [0.15, 0.2) is 5.69 Å². The lowest BCUT2D eigenvalue weighted by Gasteiger charge is -2.20. The molecule has 2 aromatic heterocycles. The Morgan fingerprint density at radius 3 is 2.70 bits per heavy atom. The first-order valence-corrected chi connectivity index (χ1v) is 7.65. The molecule has 0 saturated carbocycles. The summed E-state index contributed by atoms with van der Waals surface area (Å²) in [6.45, 7) is 10.1. The van der Waals surface area contributed by atoms with Gasteiger partial charge in [-0.05, 0) is 40.7 Å². The summed E-state index contributed by atoms with van der Waals surface area (Å²) in [5.74, 6) is 0.273. The minimum absolute atomic E-state index is 0.296. The highest BCUT2D eigenvalue weighted by Crippen LogP contribution is 2.30. The molecule has 2 heterocycles. The Labute approximate surface area is 134 Å². The number of carbonyl (C=O) groups is 1. The second kappa shape index (κ2) is 5.30. The highest BCUT2D eigenvalue weighted by Gasteiger charge is 2.26. The largest absolute Gasteiger partial charge is 0.461 e. The highest BCUT2D eigenvalue weighted by atomic mass is 16.5. The molecule has 1 aromatic carbocycles. The molecule has 0 unspecified atom stereocenters. The van der Waals surface area contributed by atoms with Gasteiger partial charge in [-0.3, -0.25) is 4.68 Å². The molecule has 120 valence electrons. The fourth-order valence-corrected chi connectivity index (χ4v) is 2.62. The average molecular weight is 312 g/mol. The van der Waals surface area contributed by atoms with Gasteiger partial charge in [0.25, 0.3) is 0 Å². The van der Waals surface area contributed by atoms with Crippen molar-refractivity contribution in [2.24, 2.45) is 0 Å². The Hall–Kier alpha value is -2.50. The molecule has 3 aromatic rings. The zero-order valence-corrected chi connectivity index (χ0v) is 14.0. The van der Waals surface area contributed by atoms with Gasteiger partial charge in [-0.15, -0.1) is 0 Å². The van der Waals surface area contributed by atoms with E-state index in [2.05, 4.69) is 15.1 Å². The van der Waals surface area contributed by atoms with Crippen LogP contribution in [0.4, 0.5) is 0 Å². The van der Waals surface area contributed by atoms with E-state index < -0.39 is 5.97 Å². The first-order valence-electron chi connectivity index (χ1n) is 7.65. The predicted octanol–water partition coefficient (Wildman–Crippen LogP) is 3.22. The van der Waals surface area contributed by atoms with Crippen LogP contribution in [0.2, 0.25) is 0 Å². The van der Waals surface area contributed by atoms with Gasteiger partial charge in [-0.25, -0.2) is 14.8 Å². The van der Waals surface area contributed by atoms with Crippen LogP contribution in [-0.2, 0) is 10.3 Å². The summed E-state index contributed by atoms with van der Waals surface area (Å²) in [4.78, 5) is 21.1. The summed E-state index contributed by atoms with van der Waals surface area (Å²) < 4.78 is 7.00. The molecule has 0 N–H and O–H groups in total. The quantitative estimate of drug-likeness (QED) is 0.680. The van der Waals surface area contributed by atoms with Crippen molar-refractivity contribution in [3.8, 4) is 0 Å². The first-order chi connectivity index (χ1) is 10.8. The van der Waals surface area contributed by atoms with Crippen LogP contribution in [-0.4, -0.2) is 32.3 Å². The number of ether oxygens (including phenoxy) is 1. The zero-order chi connectivity index (χ0) is 16.8. The number of nitrogens with zero attached hydrogens (tertiary/aromatic N) is 4. The maximum atomic E-state index is 12.3. The van der Waals surface area contributed by atoms with Gasteiger partial charge in [0.05, 0.1) is 23.2 Å². The molecule has 0 aliphatic rings. The summed E-state index contributed by atoms with van der Waals surface area (Å²) in [6.07, 6.45) is 1.79. The van der Waals surface area contributed by atoms with E-state index >= 15 is 0 Å². The molecule has 0 amide bonds. The number of hydrogen-bond donors (Lipinski definition) is 0. The van der Waals surface area contributed by atoms with Gasteiger partial charge in [0, 0.05) is 17.0 Å². The number of carbonyl (C=O) groups excluding carboxylic acids is 1. The topological polar surface area (TPSA) is 69.9 Å². The lowest BCUT2D eigenvalue weighted by Crippen LogP contribution is -2.23. The van der Waals surface area contributed by atoms with Crippen molar-refractivity contribution in [2.75, 3.05) is 6.61 Å². The molecular weight excluding hydrogens is 292 g/mol. The second-order valence-corrected chi connectivity index (χ2v) is 6.47. The van der Waals surface area contributed by atoms with Gasteiger partial charge in [0.2, 0.25) is 0 Å². The van der Waals surface area contributed by atoms with E-state index in [-0.39, 0.29) is 5.54 Å². The molecule has 0 spiro atoms. The standard InChI is InChI=1S/C17H20N4O2/c1-6-23-16(22)14-12-8-7-11-9-18-10(2)19-13(11)15(12)21(20-14)17(3,4)5/h7-9H,6H2,1-5H3. The summed E-state index contributed by atoms with van der Waals surface area (Å²) in [6, 6.07) is 3.80. The maximum absolute atomic E-state index is 12.3. The molecule has 6 heteroatoms. The summed E-state index contributed by atoms with van der Waals surface area (Å²) >= 11 is 0. The Balaban J connectivity index is 2.44. The molecule has 0 saturated heterocycles. The highest BCUT2D eigenvalue weighted by molar-refractivity contribution is 6.10. The summed E-state index contributed by atoms with van der Waals surface area (Å²) in [5.41, 5.74) is 1.67. The van der Waals surface area contributed by atoms with E-state index in [0.717, 1.165) is 21.8 Å². The van der Waals surface area contributed by atoms with Crippen molar-refractivity contribution in [3.63, 3.8) is 0 Å². The van der Waals surface area contributed by atoms with Crippen LogP contribution in [0.1, 0.15) is 44.0 Å². The van der Waals surface area contributed by atoms with Crippen molar-refractivity contribution in [1.82, 2.24) is 19.7 Å². The van der Waals surface area contributed by atoms with Gasteiger partial charge in [0.1, 0.15) is 5.82 Å². The maximum Gasteiger partial charge on any atom is 0.359 e. The number of aromatic nitrogens is 4. The van der Waals surface area contributed by atoms with Gasteiger partial charge >= 0.3 is 5.97 Å². The van der Waals surface area contributed by atoms with Crippen LogP contribution in [0.5, 0.6) is 0 Å². The lowest BCUT2D eigenvalue weighted by atomic mass is 10.1. The van der Waals surface area contributed by atoms with E-state index in [1.807, 2.05) is 44.5 Å². The van der Waals surface area contributed by atoms with Crippen molar-refractivity contribution in [1.29, 1.82) is 0 Å². The predicted molar refractivity (Wildman–Crippen MR) is 88.5 cm³/mol. The van der Waals surface area contributed by atoms with Crippen molar-refractivity contribution in [3.05, 3.63) is 29.8 Å². The molecule has 23 heavy (non-hydrogen) atoms. The Kier molecular flexibility index (Phi) is 3.55. The van der Waals surface area contributed by atoms with E-state index in [0.29, 0.717) is 18.1 Å². The van der Waals surface area contributed by atoms with Crippen molar-refractivity contribution in [2.45, 2.75) is 40.2 Å². The minimum Gasteiger partial charge on any atom is -0.461 e. The number of hydrogen-bond acceptors (Lipinski definition) is 5. The average Bonchev–Trinajstić information content (AvgIpc) is 2.87. The Morgan fingerprint density at radius 2 is 2.04 bits per heavy atom. The van der Waals surface area contributed by atoms with Gasteiger partial charge in [-0.1, -0.05) is 6.07 Å². The van der Waals surface area contributed by atoms with Gasteiger partial charge in [-0.2, -0.15) is 5.10 Å². The van der Waals surface area contributed by atoms with E-state index in [4.69, 9.17) is 4.74 Å². The lowest BCUT2D eigenvalue weighted by molar-refractivity contribution is 0.0520. The fourth-order valence-electron chi connectivity index (χ4n) is 2.62. The molecule has 6 nitrogen and oxygen atoms in total. The third-order valence-corrected chi connectivity index (χ3v) is 3.62. The Bertz CT molecular complexity index is 906. The fraction of sp³-hybridized carbons (Fsp3) is 0.412. The van der Waals surface area contributed by atoms with Crippen molar-refractivity contribution >= 4 is 27.8 Å². The zero-order valence-electron chi connectivity index (χ0n) is 14.0. The second-order valence-electron chi connectivity index (χ2n) is 6.47. The van der Waals surface area contributed by atoms with Crippen LogP contribution in [0.25, 0.3) is 21.8 Å². The molecule has 0 fully saturated rings. The molecular formula is C17H20N4O2. The van der Waals surface area contributed by atoms with Crippen LogP contribution < -0.4 is 0 Å². The van der Waals surface area contributed by atoms with E-state index in [9.17, 15) is 4.79 Å². The van der Waals surface area contributed by atoms with Crippen LogP contribution in [0.3, 0.4) is 0 Å². The number of rotatable bonds is 2. The van der Waals surface area contributed by atoms with Crippen LogP contribution in [0, 0.1) is 6.92 Å². The number of esters is 1. The number of fused-ring (bicyclic) bond motifs is 3. The molecule has 0 radical (unpaired) electrons. The normalized spacial score (nSPS) is 12.0. The third-order valence-electron chi connectivity index (χ3n) is 3.62. The monoisotopic (exact) mass is 312 g/mol. The summed E-state index contributed by atoms with van der Waals surface area (Å²) in [5, 5.41) is 6.21. The third kappa shape index (κ3) is 2.54. The molecule has 0 aliphatic heterocycles.